The standard InChI is InChI=1S/C22H19N7OS/c1-14-11-29(12-23-14)17-9-8-16(10-18(17)30-2)25-21-19-20(24-13-31-19)27-22(28-21)26-15-6-4-3-5-7-15/h3-13H,1-2H3,(H2,25,26,27,28). The molecule has 0 saturated heterocycles. The quantitative estimate of drug-likeness (QED) is 0.389. The maximum Gasteiger partial charge on any atom is 0.231 e. The van der Waals surface area contributed by atoms with Gasteiger partial charge in [-0.1, -0.05) is 18.2 Å². The van der Waals surface area contributed by atoms with Gasteiger partial charge >= 0.3 is 0 Å². The van der Waals surface area contributed by atoms with E-state index in [2.05, 4.69) is 30.6 Å². The highest BCUT2D eigenvalue weighted by Gasteiger charge is 2.13. The summed E-state index contributed by atoms with van der Waals surface area (Å²) in [7, 11) is 1.65. The summed E-state index contributed by atoms with van der Waals surface area (Å²) in [6, 6.07) is 15.7. The van der Waals surface area contributed by atoms with Gasteiger partial charge in [-0.3, -0.25) is 0 Å². The van der Waals surface area contributed by atoms with Crippen molar-refractivity contribution < 1.29 is 4.74 Å². The van der Waals surface area contributed by atoms with E-state index in [0.717, 1.165) is 33.2 Å². The summed E-state index contributed by atoms with van der Waals surface area (Å²) < 4.78 is 8.44. The lowest BCUT2D eigenvalue weighted by Gasteiger charge is -2.13. The van der Waals surface area contributed by atoms with Crippen LogP contribution in [0.4, 0.5) is 23.1 Å². The Morgan fingerprint density at radius 3 is 2.61 bits per heavy atom. The van der Waals surface area contributed by atoms with Crippen molar-refractivity contribution in [1.29, 1.82) is 0 Å². The Morgan fingerprint density at radius 2 is 1.84 bits per heavy atom. The molecule has 0 fully saturated rings. The molecule has 0 saturated carbocycles. The van der Waals surface area contributed by atoms with E-state index in [-0.39, 0.29) is 0 Å². The number of benzene rings is 2. The monoisotopic (exact) mass is 429 g/mol. The van der Waals surface area contributed by atoms with E-state index in [9.17, 15) is 0 Å². The van der Waals surface area contributed by atoms with E-state index in [0.29, 0.717) is 17.4 Å². The number of nitrogens with one attached hydrogen (secondary N) is 2. The molecule has 0 aliphatic rings. The molecule has 0 bridgehead atoms. The van der Waals surface area contributed by atoms with Gasteiger partial charge in [0.2, 0.25) is 5.95 Å². The van der Waals surface area contributed by atoms with Crippen LogP contribution in [0.15, 0.2) is 66.6 Å². The van der Waals surface area contributed by atoms with Crippen LogP contribution in [0.1, 0.15) is 5.69 Å². The van der Waals surface area contributed by atoms with Crippen molar-refractivity contribution in [2.75, 3.05) is 17.7 Å². The molecule has 0 atom stereocenters. The molecule has 2 aromatic carbocycles. The van der Waals surface area contributed by atoms with Crippen LogP contribution in [0.3, 0.4) is 0 Å². The zero-order valence-corrected chi connectivity index (χ0v) is 17.7. The predicted molar refractivity (Wildman–Crippen MR) is 123 cm³/mol. The molecule has 0 spiro atoms. The van der Waals surface area contributed by atoms with Gasteiger partial charge in [0.05, 0.1) is 30.3 Å². The van der Waals surface area contributed by atoms with Crippen molar-refractivity contribution in [2.24, 2.45) is 0 Å². The second-order valence-electron chi connectivity index (χ2n) is 6.83. The molecule has 3 heterocycles. The predicted octanol–water partition coefficient (Wildman–Crippen LogP) is 5.08. The Balaban J connectivity index is 1.49. The number of hydrogen-bond donors (Lipinski definition) is 2. The minimum Gasteiger partial charge on any atom is -0.494 e. The van der Waals surface area contributed by atoms with E-state index in [1.165, 1.54) is 11.3 Å². The summed E-state index contributed by atoms with van der Waals surface area (Å²) in [6.45, 7) is 1.95. The fourth-order valence-electron chi connectivity index (χ4n) is 3.21. The lowest BCUT2D eigenvalue weighted by molar-refractivity contribution is 0.413. The molecule has 0 unspecified atom stereocenters. The maximum atomic E-state index is 5.62. The van der Waals surface area contributed by atoms with Gasteiger partial charge in [-0.15, -0.1) is 11.3 Å². The highest BCUT2D eigenvalue weighted by Crippen LogP contribution is 2.32. The summed E-state index contributed by atoms with van der Waals surface area (Å²) in [6.07, 6.45) is 3.73. The van der Waals surface area contributed by atoms with Crippen LogP contribution in [-0.2, 0) is 0 Å². The third-order valence-corrected chi connectivity index (χ3v) is 5.48. The number of ether oxygens (including phenoxy) is 1. The van der Waals surface area contributed by atoms with Crippen molar-refractivity contribution >= 4 is 44.8 Å². The first-order valence-corrected chi connectivity index (χ1v) is 10.5. The highest BCUT2D eigenvalue weighted by atomic mass is 32.1. The SMILES string of the molecule is COc1cc(Nc2nc(Nc3ccccc3)nc3ncsc23)ccc1-n1cnc(C)c1. The van der Waals surface area contributed by atoms with Crippen LogP contribution >= 0.6 is 11.3 Å². The highest BCUT2D eigenvalue weighted by molar-refractivity contribution is 7.17. The van der Waals surface area contributed by atoms with Crippen molar-refractivity contribution in [3.05, 3.63) is 72.3 Å². The van der Waals surface area contributed by atoms with Crippen molar-refractivity contribution in [3.63, 3.8) is 0 Å². The number of thiazole rings is 1. The molecule has 154 valence electrons. The largest absolute Gasteiger partial charge is 0.494 e. The van der Waals surface area contributed by atoms with Gasteiger partial charge in [-0.2, -0.15) is 9.97 Å². The van der Waals surface area contributed by atoms with Crippen LogP contribution < -0.4 is 15.4 Å². The van der Waals surface area contributed by atoms with Gasteiger partial charge in [0.25, 0.3) is 0 Å². The van der Waals surface area contributed by atoms with Crippen molar-refractivity contribution in [3.8, 4) is 11.4 Å². The number of hydrogen-bond acceptors (Lipinski definition) is 8. The minimum atomic E-state index is 0.476. The lowest BCUT2D eigenvalue weighted by atomic mass is 10.2. The van der Waals surface area contributed by atoms with Gasteiger partial charge < -0.3 is 19.9 Å². The molecule has 0 aliphatic carbocycles. The lowest BCUT2D eigenvalue weighted by Crippen LogP contribution is -2.02. The van der Waals surface area contributed by atoms with Gasteiger partial charge in [-0.25, -0.2) is 9.97 Å². The van der Waals surface area contributed by atoms with E-state index >= 15 is 0 Å². The number of imidazole rings is 1. The zero-order valence-electron chi connectivity index (χ0n) is 16.9. The topological polar surface area (TPSA) is 89.8 Å². The molecule has 0 aliphatic heterocycles. The smallest absolute Gasteiger partial charge is 0.231 e. The van der Waals surface area contributed by atoms with Gasteiger partial charge in [0.15, 0.2) is 11.5 Å². The van der Waals surface area contributed by atoms with Gasteiger partial charge in [0, 0.05) is 23.6 Å². The van der Waals surface area contributed by atoms with Crippen molar-refractivity contribution in [2.45, 2.75) is 6.92 Å². The van der Waals surface area contributed by atoms with E-state index in [1.807, 2.05) is 66.2 Å². The van der Waals surface area contributed by atoms with Gasteiger partial charge in [-0.05, 0) is 31.2 Å². The number of rotatable bonds is 6. The number of fused-ring (bicyclic) bond motifs is 1. The third kappa shape index (κ3) is 3.90. The molecular formula is C22H19N7OS. The molecule has 3 aromatic heterocycles. The fraction of sp³-hybridized carbons (Fsp3) is 0.0909. The number of methoxy groups -OCH3 is 1. The minimum absolute atomic E-state index is 0.476. The second-order valence-corrected chi connectivity index (χ2v) is 7.68. The molecule has 5 aromatic rings. The number of para-hydroxylation sites is 1. The molecule has 0 amide bonds. The van der Waals surface area contributed by atoms with Gasteiger partial charge in [0.1, 0.15) is 10.4 Å². The summed E-state index contributed by atoms with van der Waals surface area (Å²) in [5.41, 5.74) is 6.00. The summed E-state index contributed by atoms with van der Waals surface area (Å²) in [5, 5.41) is 6.63. The average molecular weight is 430 g/mol. The molecule has 5 rings (SSSR count). The molecule has 9 heteroatoms. The molecule has 8 nitrogen and oxygen atoms in total. The number of aromatic nitrogens is 5. The molecule has 31 heavy (non-hydrogen) atoms. The normalized spacial score (nSPS) is 10.9. The third-order valence-electron chi connectivity index (χ3n) is 4.66. The first-order chi connectivity index (χ1) is 15.2. The number of nitrogens with zero attached hydrogens (tertiary/aromatic N) is 5. The summed E-state index contributed by atoms with van der Waals surface area (Å²) in [5.74, 6) is 1.88. The Bertz CT molecular complexity index is 1350. The first-order valence-electron chi connectivity index (χ1n) is 9.59. The van der Waals surface area contributed by atoms with E-state index < -0.39 is 0 Å². The van der Waals surface area contributed by atoms with Crippen molar-refractivity contribution in [1.82, 2.24) is 24.5 Å². The molecule has 2 N–H and O–H groups in total. The fourth-order valence-corrected chi connectivity index (χ4v) is 3.88. The van der Waals surface area contributed by atoms with Crippen LogP contribution in [0.25, 0.3) is 16.0 Å². The maximum absolute atomic E-state index is 5.62. The Morgan fingerprint density at radius 1 is 0.968 bits per heavy atom. The Labute approximate surface area is 182 Å². The van der Waals surface area contributed by atoms with Crippen LogP contribution in [0.2, 0.25) is 0 Å². The van der Waals surface area contributed by atoms with E-state index in [4.69, 9.17) is 4.74 Å². The first kappa shape index (κ1) is 19.0. The summed E-state index contributed by atoms with van der Waals surface area (Å²) in [4.78, 5) is 17.9. The van der Waals surface area contributed by atoms with Crippen LogP contribution in [-0.4, -0.2) is 31.6 Å². The van der Waals surface area contributed by atoms with Crippen LogP contribution in [0.5, 0.6) is 5.75 Å². The van der Waals surface area contributed by atoms with E-state index in [1.54, 1.807) is 18.9 Å². The number of anilines is 4. The number of aryl methyl sites for hydroxylation is 1. The molecule has 0 radical (unpaired) electrons. The zero-order chi connectivity index (χ0) is 21.2. The second kappa shape index (κ2) is 8.04. The van der Waals surface area contributed by atoms with Crippen LogP contribution in [0, 0.1) is 6.92 Å². The average Bonchev–Trinajstić information content (AvgIpc) is 3.43. The Hall–Kier alpha value is -3.98. The molecular weight excluding hydrogens is 410 g/mol. The Kier molecular flexibility index (Phi) is 4.93. The summed E-state index contributed by atoms with van der Waals surface area (Å²) >= 11 is 1.49.